The highest BCUT2D eigenvalue weighted by Gasteiger charge is 2.32. The monoisotopic (exact) mass is 450 g/mol. The number of nitrogen functional groups attached to an aromatic ring is 1. The third-order valence-corrected chi connectivity index (χ3v) is 7.19. The van der Waals surface area contributed by atoms with Crippen molar-refractivity contribution in [1.29, 1.82) is 0 Å². The lowest BCUT2D eigenvalue weighted by Crippen LogP contribution is -2.15. The number of hydrogen-bond donors (Lipinski definition) is 2. The second kappa shape index (κ2) is 7.97. The summed E-state index contributed by atoms with van der Waals surface area (Å²) in [7, 11) is 0. The molecule has 31 heavy (non-hydrogen) atoms. The molecule has 4 aromatic rings. The van der Waals surface area contributed by atoms with Gasteiger partial charge in [0.2, 0.25) is 5.91 Å². The third kappa shape index (κ3) is 4.03. The number of nitrogens with two attached hydrogens (primary N) is 1. The van der Waals surface area contributed by atoms with Gasteiger partial charge >= 0.3 is 0 Å². The molecule has 1 saturated carbocycles. The maximum Gasteiger partial charge on any atom is 0.234 e. The summed E-state index contributed by atoms with van der Waals surface area (Å²) in [6.45, 7) is 4.04. The van der Waals surface area contributed by atoms with E-state index in [1.165, 1.54) is 23.1 Å². The quantitative estimate of drug-likeness (QED) is 0.409. The maximum atomic E-state index is 12.5. The highest BCUT2D eigenvalue weighted by atomic mass is 32.2. The molecule has 7 nitrogen and oxygen atoms in total. The number of thiophene rings is 1. The Kier molecular flexibility index (Phi) is 5.15. The number of nitrogens with zero attached hydrogens (tertiary/aromatic N) is 4. The summed E-state index contributed by atoms with van der Waals surface area (Å²) in [4.78, 5) is 18.7. The number of hydrogen-bond acceptors (Lipinski definition) is 7. The van der Waals surface area contributed by atoms with Crippen molar-refractivity contribution in [2.45, 2.75) is 37.9 Å². The Morgan fingerprint density at radius 1 is 1.26 bits per heavy atom. The zero-order chi connectivity index (χ0) is 21.5. The van der Waals surface area contributed by atoms with E-state index in [9.17, 15) is 4.79 Å². The van der Waals surface area contributed by atoms with Crippen LogP contribution in [0.2, 0.25) is 0 Å². The predicted molar refractivity (Wildman–Crippen MR) is 127 cm³/mol. The summed E-state index contributed by atoms with van der Waals surface area (Å²) in [5.74, 6) is 0.967. The molecular weight excluding hydrogens is 428 g/mol. The highest BCUT2D eigenvalue weighted by molar-refractivity contribution is 7.99. The maximum absolute atomic E-state index is 12.5. The molecule has 1 aliphatic carbocycles. The van der Waals surface area contributed by atoms with Crippen LogP contribution in [0.4, 0.5) is 11.4 Å². The molecule has 0 unspecified atom stereocenters. The number of amides is 1. The van der Waals surface area contributed by atoms with Gasteiger partial charge in [-0.05, 0) is 62.1 Å². The average molecular weight is 451 g/mol. The van der Waals surface area contributed by atoms with Gasteiger partial charge in [0.05, 0.1) is 16.3 Å². The number of fused-ring (bicyclic) bond motifs is 1. The van der Waals surface area contributed by atoms with Crippen LogP contribution in [-0.4, -0.2) is 31.4 Å². The largest absolute Gasteiger partial charge is 0.397 e. The number of rotatable bonds is 6. The lowest BCUT2D eigenvalue weighted by Gasteiger charge is -2.09. The molecular formula is C22H22N6OS2. The van der Waals surface area contributed by atoms with Gasteiger partial charge in [0.1, 0.15) is 4.83 Å². The molecule has 0 bridgehead atoms. The lowest BCUT2D eigenvalue weighted by molar-refractivity contribution is -0.113. The molecule has 3 N–H and O–H groups in total. The van der Waals surface area contributed by atoms with E-state index < -0.39 is 0 Å². The first-order valence-electron chi connectivity index (χ1n) is 10.1. The van der Waals surface area contributed by atoms with E-state index >= 15 is 0 Å². The Morgan fingerprint density at radius 3 is 2.74 bits per heavy atom. The van der Waals surface area contributed by atoms with Crippen LogP contribution >= 0.6 is 23.1 Å². The number of anilines is 2. The van der Waals surface area contributed by atoms with Crippen LogP contribution in [-0.2, 0) is 4.79 Å². The Balaban J connectivity index is 1.37. The van der Waals surface area contributed by atoms with E-state index in [2.05, 4.69) is 31.1 Å². The van der Waals surface area contributed by atoms with E-state index in [1.54, 1.807) is 6.20 Å². The number of aryl methyl sites for hydroxylation is 2. The smallest absolute Gasteiger partial charge is 0.234 e. The van der Waals surface area contributed by atoms with Crippen LogP contribution in [0.25, 0.3) is 20.9 Å². The molecule has 1 aliphatic rings. The molecule has 158 valence electrons. The van der Waals surface area contributed by atoms with Gasteiger partial charge < -0.3 is 11.1 Å². The van der Waals surface area contributed by atoms with Crippen LogP contribution in [0, 0.1) is 13.8 Å². The number of benzene rings is 1. The summed E-state index contributed by atoms with van der Waals surface area (Å²) >= 11 is 2.94. The fourth-order valence-electron chi connectivity index (χ4n) is 3.68. The third-order valence-electron chi connectivity index (χ3n) is 5.12. The van der Waals surface area contributed by atoms with Crippen molar-refractivity contribution in [2.75, 3.05) is 16.8 Å². The molecule has 0 atom stereocenters. The molecule has 0 spiro atoms. The summed E-state index contributed by atoms with van der Waals surface area (Å²) in [6, 6.07) is 10.2. The second-order valence-electron chi connectivity index (χ2n) is 7.82. The molecule has 5 rings (SSSR count). The van der Waals surface area contributed by atoms with Crippen molar-refractivity contribution in [3.05, 3.63) is 47.7 Å². The molecule has 3 aromatic heterocycles. The minimum Gasteiger partial charge on any atom is -0.397 e. The van der Waals surface area contributed by atoms with Gasteiger partial charge in [-0.1, -0.05) is 17.8 Å². The Morgan fingerprint density at radius 2 is 2.03 bits per heavy atom. The first-order valence-corrected chi connectivity index (χ1v) is 11.9. The van der Waals surface area contributed by atoms with Crippen molar-refractivity contribution in [3.63, 3.8) is 0 Å². The van der Waals surface area contributed by atoms with Crippen molar-refractivity contribution in [1.82, 2.24) is 19.7 Å². The number of aromatic nitrogens is 4. The molecule has 9 heteroatoms. The normalized spacial score (nSPS) is 13.6. The van der Waals surface area contributed by atoms with Crippen LogP contribution in [0.1, 0.15) is 30.0 Å². The molecule has 0 saturated heterocycles. The van der Waals surface area contributed by atoms with Gasteiger partial charge in [0.15, 0.2) is 11.0 Å². The van der Waals surface area contributed by atoms with Crippen molar-refractivity contribution < 1.29 is 4.79 Å². The van der Waals surface area contributed by atoms with Crippen molar-refractivity contribution in [3.8, 4) is 10.7 Å². The fourth-order valence-corrected chi connectivity index (χ4v) is 5.53. The van der Waals surface area contributed by atoms with E-state index in [-0.39, 0.29) is 11.7 Å². The Labute approximate surface area is 188 Å². The van der Waals surface area contributed by atoms with Gasteiger partial charge in [-0.25, -0.2) is 4.98 Å². The van der Waals surface area contributed by atoms with E-state index in [4.69, 9.17) is 5.73 Å². The molecule has 0 radical (unpaired) electrons. The van der Waals surface area contributed by atoms with E-state index in [1.807, 2.05) is 38.1 Å². The SMILES string of the molecule is Cc1cc(C)cc(NC(=O)CSc2nnc(-c3sc4ncccc4c3N)n2C2CC2)c1. The number of thioether (sulfide) groups is 1. The van der Waals surface area contributed by atoms with Gasteiger partial charge in [-0.15, -0.1) is 21.5 Å². The number of pyridine rings is 1. The van der Waals surface area contributed by atoms with E-state index in [0.717, 1.165) is 55.7 Å². The molecule has 1 fully saturated rings. The van der Waals surface area contributed by atoms with E-state index in [0.29, 0.717) is 11.7 Å². The Hall–Kier alpha value is -2.91. The topological polar surface area (TPSA) is 98.7 Å². The highest BCUT2D eigenvalue weighted by Crippen LogP contribution is 2.45. The molecule has 1 aromatic carbocycles. The minimum atomic E-state index is -0.0625. The molecule has 0 aliphatic heterocycles. The fraction of sp³-hybridized carbons (Fsp3) is 0.273. The van der Waals surface area contributed by atoms with Crippen LogP contribution in [0.15, 0.2) is 41.7 Å². The number of nitrogens with one attached hydrogen (secondary N) is 1. The van der Waals surface area contributed by atoms with Crippen LogP contribution < -0.4 is 11.1 Å². The van der Waals surface area contributed by atoms with Crippen LogP contribution in [0.5, 0.6) is 0 Å². The zero-order valence-electron chi connectivity index (χ0n) is 17.3. The van der Waals surface area contributed by atoms with Crippen molar-refractivity contribution >= 4 is 50.6 Å². The first-order chi connectivity index (χ1) is 15.0. The van der Waals surface area contributed by atoms with Gasteiger partial charge in [0.25, 0.3) is 0 Å². The average Bonchev–Trinajstić information content (AvgIpc) is 3.40. The summed E-state index contributed by atoms with van der Waals surface area (Å²) in [5, 5.41) is 13.5. The van der Waals surface area contributed by atoms with Crippen molar-refractivity contribution in [2.24, 2.45) is 0 Å². The standard InChI is InChI=1S/C22H22N6OS2/c1-12-8-13(2)10-14(9-12)25-17(29)11-30-22-27-26-20(28(22)15-5-6-15)19-18(23)16-4-3-7-24-21(16)31-19/h3-4,7-10,15H,5-6,11,23H2,1-2H3,(H,25,29). The summed E-state index contributed by atoms with van der Waals surface area (Å²) in [6.07, 6.45) is 3.93. The second-order valence-corrected chi connectivity index (χ2v) is 9.76. The number of carbonyl (C=O) groups is 1. The molecule has 1 amide bonds. The molecule has 3 heterocycles. The number of carbonyl (C=O) groups excluding carboxylic acids is 1. The summed E-state index contributed by atoms with van der Waals surface area (Å²) < 4.78 is 2.13. The summed E-state index contributed by atoms with van der Waals surface area (Å²) in [5.41, 5.74) is 10.2. The zero-order valence-corrected chi connectivity index (χ0v) is 18.9. The van der Waals surface area contributed by atoms with Gasteiger partial charge in [0, 0.05) is 23.3 Å². The predicted octanol–water partition coefficient (Wildman–Crippen LogP) is 4.82. The minimum absolute atomic E-state index is 0.0625. The lowest BCUT2D eigenvalue weighted by atomic mass is 10.1. The first kappa shape index (κ1) is 20.0. The van der Waals surface area contributed by atoms with Crippen LogP contribution in [0.3, 0.4) is 0 Å². The van der Waals surface area contributed by atoms with Gasteiger partial charge in [-0.2, -0.15) is 0 Å². The Bertz CT molecular complexity index is 1270. The van der Waals surface area contributed by atoms with Gasteiger partial charge in [-0.3, -0.25) is 9.36 Å².